The van der Waals surface area contributed by atoms with Gasteiger partial charge in [0.15, 0.2) is 11.7 Å². The van der Waals surface area contributed by atoms with Crippen molar-refractivity contribution in [3.05, 3.63) is 38.3 Å². The number of thiophene rings is 1. The van der Waals surface area contributed by atoms with Gasteiger partial charge < -0.3 is 14.7 Å². The molecule has 0 bridgehead atoms. The number of aliphatic imine (C=N–C) groups is 1. The first kappa shape index (κ1) is 19.4. The molecular formula is C18H26BrN5OS. The summed E-state index contributed by atoms with van der Waals surface area (Å²) in [6, 6.07) is 6.34. The summed E-state index contributed by atoms with van der Waals surface area (Å²) in [4.78, 5) is 10.6. The van der Waals surface area contributed by atoms with Crippen LogP contribution in [0, 0.1) is 0 Å². The Labute approximate surface area is 167 Å². The average molecular weight is 440 g/mol. The summed E-state index contributed by atoms with van der Waals surface area (Å²) in [5.41, 5.74) is 0.991. The summed E-state index contributed by atoms with van der Waals surface area (Å²) >= 11 is 5.35. The number of piperazine rings is 1. The van der Waals surface area contributed by atoms with Gasteiger partial charge in [0.1, 0.15) is 0 Å². The van der Waals surface area contributed by atoms with Crippen LogP contribution in [0.3, 0.4) is 0 Å². The molecule has 0 aliphatic carbocycles. The van der Waals surface area contributed by atoms with Crippen LogP contribution >= 0.6 is 27.3 Å². The van der Waals surface area contributed by atoms with E-state index in [1.165, 1.54) is 8.66 Å². The zero-order valence-electron chi connectivity index (χ0n) is 15.5. The molecule has 0 aromatic carbocycles. The van der Waals surface area contributed by atoms with E-state index in [2.05, 4.69) is 67.2 Å². The van der Waals surface area contributed by atoms with Crippen molar-refractivity contribution in [3.8, 4) is 0 Å². The second kappa shape index (κ2) is 9.01. The minimum Gasteiger partial charge on any atom is -0.359 e. The first-order chi connectivity index (χ1) is 12.5. The summed E-state index contributed by atoms with van der Waals surface area (Å²) in [7, 11) is 1.83. The molecule has 0 unspecified atom stereocenters. The van der Waals surface area contributed by atoms with Gasteiger partial charge in [-0.1, -0.05) is 19.0 Å². The van der Waals surface area contributed by atoms with Gasteiger partial charge in [0.25, 0.3) is 0 Å². The lowest BCUT2D eigenvalue weighted by Crippen LogP contribution is -2.51. The third-order valence-corrected chi connectivity index (χ3v) is 6.09. The highest BCUT2D eigenvalue weighted by molar-refractivity contribution is 9.11. The van der Waals surface area contributed by atoms with Gasteiger partial charge in [-0.15, -0.1) is 11.3 Å². The van der Waals surface area contributed by atoms with Crippen LogP contribution in [-0.2, 0) is 13.1 Å². The summed E-state index contributed by atoms with van der Waals surface area (Å²) < 4.78 is 6.59. The minimum atomic E-state index is 0.379. The minimum absolute atomic E-state index is 0.379. The summed E-state index contributed by atoms with van der Waals surface area (Å²) in [5.74, 6) is 2.15. The van der Waals surface area contributed by atoms with Crippen LogP contribution in [0.25, 0.3) is 0 Å². The lowest BCUT2D eigenvalue weighted by Gasteiger charge is -2.36. The summed E-state index contributed by atoms with van der Waals surface area (Å²) in [6.07, 6.45) is 0. The molecule has 0 saturated carbocycles. The first-order valence-electron chi connectivity index (χ1n) is 8.93. The van der Waals surface area contributed by atoms with Crippen molar-refractivity contribution in [3.63, 3.8) is 0 Å². The Morgan fingerprint density at radius 2 is 2.12 bits per heavy atom. The molecule has 1 fully saturated rings. The number of hydrogen-bond acceptors (Lipinski definition) is 5. The van der Waals surface area contributed by atoms with Gasteiger partial charge >= 0.3 is 0 Å². The van der Waals surface area contributed by atoms with Crippen molar-refractivity contribution in [1.82, 2.24) is 20.3 Å². The third kappa shape index (κ3) is 5.08. The number of aromatic nitrogens is 1. The fourth-order valence-electron chi connectivity index (χ4n) is 2.96. The van der Waals surface area contributed by atoms with Gasteiger partial charge in [-0.05, 0) is 34.0 Å². The number of nitrogens with one attached hydrogen (secondary N) is 1. The van der Waals surface area contributed by atoms with Crippen molar-refractivity contribution in [2.24, 2.45) is 4.99 Å². The maximum atomic E-state index is 5.40. The van der Waals surface area contributed by atoms with Crippen LogP contribution in [-0.4, -0.2) is 54.1 Å². The molecule has 1 aliphatic heterocycles. The number of hydrogen-bond donors (Lipinski definition) is 1. The highest BCUT2D eigenvalue weighted by Crippen LogP contribution is 2.23. The molecule has 0 spiro atoms. The predicted molar refractivity (Wildman–Crippen MR) is 110 cm³/mol. The van der Waals surface area contributed by atoms with E-state index in [1.807, 2.05) is 24.5 Å². The largest absolute Gasteiger partial charge is 0.359 e. The Balaban J connectivity index is 1.47. The fourth-order valence-corrected chi connectivity index (χ4v) is 4.48. The van der Waals surface area contributed by atoms with Crippen LogP contribution in [0.15, 0.2) is 31.5 Å². The number of rotatable bonds is 5. The standard InChI is InChI=1S/C18H26BrN5OS/c1-13(2)16-10-14(25-22-16)11-21-18(20-3)24-8-6-23(7-9-24)12-15-4-5-17(19)26-15/h4-5,10,13H,6-9,11-12H2,1-3H3,(H,20,21). The lowest BCUT2D eigenvalue weighted by molar-refractivity contribution is 0.173. The van der Waals surface area contributed by atoms with Crippen LogP contribution in [0.5, 0.6) is 0 Å². The van der Waals surface area contributed by atoms with Gasteiger partial charge in [-0.2, -0.15) is 0 Å². The lowest BCUT2D eigenvalue weighted by atomic mass is 10.1. The third-order valence-electron chi connectivity index (χ3n) is 4.48. The Hall–Kier alpha value is -1.38. The van der Waals surface area contributed by atoms with E-state index in [4.69, 9.17) is 4.52 Å². The number of halogens is 1. The molecule has 0 amide bonds. The fraction of sp³-hybridized carbons (Fsp3) is 0.556. The Kier molecular flexibility index (Phi) is 6.72. The van der Waals surface area contributed by atoms with Crippen LogP contribution in [0.2, 0.25) is 0 Å². The molecule has 1 N–H and O–H groups in total. The summed E-state index contributed by atoms with van der Waals surface area (Å²) in [6.45, 7) is 9.87. The smallest absolute Gasteiger partial charge is 0.194 e. The zero-order valence-corrected chi connectivity index (χ0v) is 17.9. The van der Waals surface area contributed by atoms with E-state index >= 15 is 0 Å². The van der Waals surface area contributed by atoms with E-state index in [9.17, 15) is 0 Å². The van der Waals surface area contributed by atoms with Crippen molar-refractivity contribution in [1.29, 1.82) is 0 Å². The van der Waals surface area contributed by atoms with Crippen molar-refractivity contribution < 1.29 is 4.52 Å². The van der Waals surface area contributed by atoms with Gasteiger partial charge in [0.05, 0.1) is 16.0 Å². The second-order valence-corrected chi connectivity index (χ2v) is 9.29. The monoisotopic (exact) mass is 439 g/mol. The molecule has 3 rings (SSSR count). The molecule has 0 atom stereocenters. The van der Waals surface area contributed by atoms with Gasteiger partial charge in [0.2, 0.25) is 0 Å². The Morgan fingerprint density at radius 3 is 2.69 bits per heavy atom. The van der Waals surface area contributed by atoms with E-state index in [-0.39, 0.29) is 0 Å². The SMILES string of the molecule is CN=C(NCc1cc(C(C)C)no1)N1CCN(Cc2ccc(Br)s2)CC1. The second-order valence-electron chi connectivity index (χ2n) is 6.74. The topological polar surface area (TPSA) is 56.9 Å². The molecule has 1 aliphatic rings. The van der Waals surface area contributed by atoms with E-state index in [1.54, 1.807) is 0 Å². The molecule has 2 aromatic heterocycles. The van der Waals surface area contributed by atoms with Crippen LogP contribution in [0.4, 0.5) is 0 Å². The van der Waals surface area contributed by atoms with E-state index in [0.717, 1.165) is 50.1 Å². The molecule has 8 heteroatoms. The maximum absolute atomic E-state index is 5.40. The zero-order chi connectivity index (χ0) is 18.5. The van der Waals surface area contributed by atoms with Crippen molar-refractivity contribution >= 4 is 33.2 Å². The molecule has 26 heavy (non-hydrogen) atoms. The first-order valence-corrected chi connectivity index (χ1v) is 10.5. The molecular weight excluding hydrogens is 414 g/mol. The Bertz CT molecular complexity index is 734. The quantitative estimate of drug-likeness (QED) is 0.570. The van der Waals surface area contributed by atoms with Gasteiger partial charge in [-0.3, -0.25) is 9.89 Å². The van der Waals surface area contributed by atoms with E-state index in [0.29, 0.717) is 12.5 Å². The number of guanidine groups is 1. The van der Waals surface area contributed by atoms with Crippen LogP contribution < -0.4 is 5.32 Å². The molecule has 3 heterocycles. The van der Waals surface area contributed by atoms with Crippen molar-refractivity contribution in [2.45, 2.75) is 32.9 Å². The van der Waals surface area contributed by atoms with Crippen molar-refractivity contribution in [2.75, 3.05) is 33.2 Å². The molecule has 142 valence electrons. The highest BCUT2D eigenvalue weighted by atomic mass is 79.9. The molecule has 6 nitrogen and oxygen atoms in total. The summed E-state index contributed by atoms with van der Waals surface area (Å²) in [5, 5.41) is 7.50. The van der Waals surface area contributed by atoms with Crippen LogP contribution in [0.1, 0.15) is 36.1 Å². The molecule has 0 radical (unpaired) electrons. The normalized spacial score (nSPS) is 16.5. The van der Waals surface area contributed by atoms with Gasteiger partial charge in [-0.25, -0.2) is 0 Å². The maximum Gasteiger partial charge on any atom is 0.194 e. The number of nitrogens with zero attached hydrogens (tertiary/aromatic N) is 4. The Morgan fingerprint density at radius 1 is 1.35 bits per heavy atom. The predicted octanol–water partition coefficient (Wildman–Crippen LogP) is 3.52. The van der Waals surface area contributed by atoms with Gasteiger partial charge in [0, 0.05) is 50.7 Å². The molecule has 1 saturated heterocycles. The highest BCUT2D eigenvalue weighted by Gasteiger charge is 2.20. The molecule has 2 aromatic rings. The average Bonchev–Trinajstić information content (AvgIpc) is 3.26. The van der Waals surface area contributed by atoms with E-state index < -0.39 is 0 Å².